The topological polar surface area (TPSA) is 192 Å². The summed E-state index contributed by atoms with van der Waals surface area (Å²) < 4.78 is 160. The molecule has 2 aromatic heterocycles. The number of carboxylic acid groups (broad SMARTS) is 1. The monoisotopic (exact) mass is 1510 g/mol. The van der Waals surface area contributed by atoms with Gasteiger partial charge in [0.05, 0.1) is 42.7 Å². The Morgan fingerprint density at radius 3 is 1.13 bits per heavy atom. The molecule has 27 heteroatoms. The second kappa shape index (κ2) is 39.6. The van der Waals surface area contributed by atoms with E-state index in [0.717, 1.165) is 59.1 Å². The van der Waals surface area contributed by atoms with Gasteiger partial charge in [0, 0.05) is 84.5 Å². The molecule has 0 amide bonds. The average molecular weight is 1510 g/mol. The predicted octanol–water partition coefficient (Wildman–Crippen LogP) is 13.6. The number of hydrogen-bond donors (Lipinski definition) is 2. The minimum Gasteiger partial charge on any atom is -0.727 e. The van der Waals surface area contributed by atoms with Gasteiger partial charge in [-0.25, -0.2) is 17.6 Å². The van der Waals surface area contributed by atoms with Crippen LogP contribution >= 0.6 is 27.0 Å². The van der Waals surface area contributed by atoms with Crippen LogP contribution in [-0.4, -0.2) is 101 Å². The molecule has 2 fully saturated rings. The number of halogens is 10. The van der Waals surface area contributed by atoms with E-state index in [4.69, 9.17) is 15.3 Å². The van der Waals surface area contributed by atoms with E-state index in [-0.39, 0.29) is 88.3 Å². The Morgan fingerprint density at radius 1 is 0.533 bits per heavy atom. The normalized spacial score (nSPS) is 14.1. The molecule has 0 bridgehead atoms. The van der Waals surface area contributed by atoms with Gasteiger partial charge in [-0.1, -0.05) is 52.0 Å². The molecule has 0 radical (unpaired) electrons. The fourth-order valence-corrected chi connectivity index (χ4v) is 13.7. The smallest absolute Gasteiger partial charge is 0.727 e. The molecule has 2 unspecified atom stereocenters. The summed E-state index contributed by atoms with van der Waals surface area (Å²) in [5.74, 6) is -13.3. The Morgan fingerprint density at radius 2 is 0.857 bits per heavy atom. The molecule has 14 nitrogen and oxygen atoms in total. The first-order valence-electron chi connectivity index (χ1n) is 34.4. The van der Waals surface area contributed by atoms with Gasteiger partial charge < -0.3 is 39.3 Å². The molecule has 0 saturated heterocycles. The number of carboxylic acids is 1. The van der Waals surface area contributed by atoms with Crippen LogP contribution in [0.2, 0.25) is 0 Å². The molecule has 4 aromatic carbocycles. The Kier molecular flexibility index (Phi) is 34.9. The zero-order valence-corrected chi connectivity index (χ0v) is 64.7. The number of nitrogens with zero attached hydrogens (tertiary/aromatic N) is 4. The predicted molar refractivity (Wildman–Crippen MR) is 390 cm³/mol. The number of aliphatic carboxylic acids is 1. The Balaban J connectivity index is 0.000000518. The number of rotatable bonds is 29. The second-order valence-corrected chi connectivity index (χ2v) is 28.8. The van der Waals surface area contributed by atoms with Gasteiger partial charge in [-0.05, 0) is 231 Å². The number of carbonyl (C=O) groups is 4. The maximum absolute atomic E-state index is 16.9. The van der Waals surface area contributed by atoms with Gasteiger partial charge in [-0.3, -0.25) is 28.8 Å². The van der Waals surface area contributed by atoms with Crippen LogP contribution in [0.15, 0.2) is 70.5 Å². The molecule has 6 aromatic rings. The summed E-state index contributed by atoms with van der Waals surface area (Å²) in [6.07, 6.45) is -5.16. The van der Waals surface area contributed by atoms with Crippen LogP contribution in [0.5, 0.6) is 0 Å². The van der Waals surface area contributed by atoms with Crippen molar-refractivity contribution in [1.82, 2.24) is 18.9 Å². The molecule has 2 aliphatic rings. The van der Waals surface area contributed by atoms with Crippen molar-refractivity contribution in [2.24, 2.45) is 11.8 Å². The molecule has 0 spiro atoms. The number of ketones is 2. The fourth-order valence-electron chi connectivity index (χ4n) is 13.7. The van der Waals surface area contributed by atoms with Crippen molar-refractivity contribution in [1.29, 1.82) is 0 Å². The number of likely N-dealkylation sites (N-methyl/N-ethyl adjacent to an activating group) is 2. The van der Waals surface area contributed by atoms with Crippen LogP contribution in [0.3, 0.4) is 0 Å². The van der Waals surface area contributed by atoms with Crippen molar-refractivity contribution in [3.05, 3.63) is 183 Å². The van der Waals surface area contributed by atoms with Gasteiger partial charge in [0.25, 0.3) is 11.1 Å². The summed E-state index contributed by atoms with van der Waals surface area (Å²) >= 11 is 0. The van der Waals surface area contributed by atoms with E-state index in [0.29, 0.717) is 72.2 Å². The molecular weight excluding hydrogens is 1410 g/mol. The summed E-state index contributed by atoms with van der Waals surface area (Å²) in [5, 5.41) is 22.8. The number of alkyl halides is 6. The zero-order valence-electron chi connectivity index (χ0n) is 62.7. The van der Waals surface area contributed by atoms with E-state index < -0.39 is 153 Å². The third-order valence-electron chi connectivity index (χ3n) is 18.9. The van der Waals surface area contributed by atoms with Crippen LogP contribution < -0.4 is 35.2 Å². The quantitative estimate of drug-likeness (QED) is 0.0149. The number of pyridine rings is 2. The van der Waals surface area contributed by atoms with Crippen LogP contribution in [0.1, 0.15) is 212 Å². The number of Topliss-reactive ketones (excluding diaryl/α,β-unsaturated/α-hetero) is 2. The molecule has 2 saturated carbocycles. The third kappa shape index (κ3) is 24.0. The Labute approximate surface area is 634 Å². The van der Waals surface area contributed by atoms with Gasteiger partial charge in [0.2, 0.25) is 0 Å². The van der Waals surface area contributed by atoms with Crippen LogP contribution in [0.25, 0.3) is 22.3 Å². The number of carbonyl (C=O) groups excluding carboxylic acids is 3. The van der Waals surface area contributed by atoms with Crippen molar-refractivity contribution in [2.45, 2.75) is 201 Å². The first-order valence-corrected chi connectivity index (χ1v) is 34.4. The summed E-state index contributed by atoms with van der Waals surface area (Å²) in [6.45, 7) is 20.3. The third-order valence-corrected chi connectivity index (χ3v) is 18.9. The van der Waals surface area contributed by atoms with Gasteiger partial charge in [-0.2, -0.15) is 53.3 Å². The van der Waals surface area contributed by atoms with Crippen molar-refractivity contribution in [2.75, 3.05) is 47.9 Å². The van der Waals surface area contributed by atoms with E-state index >= 15 is 17.6 Å². The van der Waals surface area contributed by atoms with E-state index in [1.54, 1.807) is 66.1 Å². The molecule has 574 valence electrons. The van der Waals surface area contributed by atoms with Gasteiger partial charge in [-0.15, -0.1) is 0 Å². The minimum atomic E-state index is -5.24. The Hall–Kier alpha value is -6.50. The summed E-state index contributed by atoms with van der Waals surface area (Å²) in [5.41, 5.74) is 0.0222. The summed E-state index contributed by atoms with van der Waals surface area (Å²) in [6, 6.07) is 8.71. The number of esters is 1. The van der Waals surface area contributed by atoms with E-state index in [1.165, 1.54) is 28.2 Å². The zero-order chi connectivity index (χ0) is 76.5. The number of hydrogen-bond acceptors (Lipinski definition) is 11. The number of aromatic nitrogens is 2. The second-order valence-electron chi connectivity index (χ2n) is 28.8. The molecule has 2 heterocycles. The van der Waals surface area contributed by atoms with Gasteiger partial charge in [0.1, 0.15) is 23.3 Å². The summed E-state index contributed by atoms with van der Waals surface area (Å²) in [4.78, 5) is 83.9. The summed E-state index contributed by atoms with van der Waals surface area (Å²) in [7, 11) is 7.59. The van der Waals surface area contributed by atoms with Crippen LogP contribution in [0, 0.1) is 76.6 Å². The first-order chi connectivity index (χ1) is 47.6. The van der Waals surface area contributed by atoms with Crippen molar-refractivity contribution < 1.29 is 102 Å². The molecule has 105 heavy (non-hydrogen) atoms. The molecule has 0 aliphatic heterocycles. The van der Waals surface area contributed by atoms with E-state index in [2.05, 4.69) is 0 Å². The van der Waals surface area contributed by atoms with Crippen LogP contribution in [-0.2, 0) is 49.1 Å². The first kappa shape index (κ1) is 92.7. The van der Waals surface area contributed by atoms with Gasteiger partial charge >= 0.3 is 43.2 Å². The average Bonchev–Trinajstić information content (AvgIpc) is 1.65. The minimum absolute atomic E-state index is 0. The molecule has 8 rings (SSSR count). The number of aryl methyl sites for hydroxylation is 6. The number of benzene rings is 4. The molecular formula is C78H99F10LiN4O10S2. The Bertz CT molecular complexity index is 4120. The van der Waals surface area contributed by atoms with Crippen molar-refractivity contribution >= 4 is 50.5 Å². The molecule has 4 atom stereocenters. The molecule has 2 N–H and O–H groups in total. The van der Waals surface area contributed by atoms with E-state index in [1.807, 2.05) is 77.8 Å². The SMILES string of the molecule is CCOC(=O)C[C@H](CC(=O)C(CC(C)C)n1cc(CCN(C)C)c(C)cc1=O)c1c(F)c(-c2c(C)cc(C3CC3)cc2C)cc(C(F)(F)F)c1F.Cc1cc(=O)n(C(CC(C)C)C(=O)C[C@@H](CC(=O)O)c2c(F)c(-c3c(C)cc(C4CC4)cc3C)cc(C(F)(F)F)c2F)cc1CCN(C)C.S.S.[Li+].[O-]O. The maximum Gasteiger partial charge on any atom is 1.00 e. The van der Waals surface area contributed by atoms with Gasteiger partial charge in [0.15, 0.2) is 11.6 Å². The van der Waals surface area contributed by atoms with Crippen molar-refractivity contribution in [3.63, 3.8) is 0 Å². The molecule has 2 aliphatic carbocycles. The van der Waals surface area contributed by atoms with Crippen LogP contribution in [0.4, 0.5) is 43.9 Å². The maximum atomic E-state index is 16.9. The van der Waals surface area contributed by atoms with Crippen molar-refractivity contribution in [3.8, 4) is 22.3 Å². The standard InChI is InChI=1S/C40H49F5N2O4.C38H45F5N2O4.Li.H2O2.2H2S/c1-9-51-35(50)19-29(18-33(48)32(14-22(2)3)47-21-27(12-13-46(7)8)23(4)17-34(47)49)37-38(41)30(20-31(39(37)42)40(43,44)45)36-24(5)15-28(16-25(36)6)26-10-11-26;1-20(2)12-30(45-19-25(10-11-44(6)7)21(3)15-32(45)47)31(46)16-27(17-33(48)49)35-36(39)28(18-29(37(35)40)38(41,42)43)34-22(4)13-26(14-23(34)5)24-8-9-24;;1-2;;/h15-17,20-22,26,29,32H,9-14,18-19H2,1-8H3;13-15,18-20,24,27,30H,8-12,16-17H2,1-7H3,(H,48,49);;1-2H;2*1H2/q;;+1;;;/p-1/t29-,32?;27-,30?;;;;/m00..../s1. The number of ether oxygens (including phenoxy) is 1. The fraction of sp³-hybridized carbons (Fsp3) is 0.513. The van der Waals surface area contributed by atoms with E-state index in [9.17, 15) is 60.2 Å². The largest absolute Gasteiger partial charge is 1.00 e.